The van der Waals surface area contributed by atoms with Crippen molar-refractivity contribution in [2.45, 2.75) is 194 Å². The van der Waals surface area contributed by atoms with Crippen molar-refractivity contribution in [1.82, 2.24) is 9.80 Å². The van der Waals surface area contributed by atoms with Gasteiger partial charge in [-0.1, -0.05) is 162 Å². The van der Waals surface area contributed by atoms with Crippen molar-refractivity contribution in [1.29, 1.82) is 0 Å². The molecule has 1 heterocycles. The molecular weight excluding hydrogens is 436 g/mol. The Kier molecular flexibility index (Phi) is 24.1. The van der Waals surface area contributed by atoms with Gasteiger partial charge in [0.1, 0.15) is 6.17 Å². The number of hydrogen-bond donors (Lipinski definition) is 0. The van der Waals surface area contributed by atoms with Gasteiger partial charge in [0.05, 0.1) is 0 Å². The van der Waals surface area contributed by atoms with Crippen LogP contribution in [0.2, 0.25) is 0 Å². The summed E-state index contributed by atoms with van der Waals surface area (Å²) in [5, 5.41) is 0. The van der Waals surface area contributed by atoms with Crippen LogP contribution in [-0.2, 0) is 0 Å². The fraction of sp³-hybridized carbons (Fsp3) is 0.941. The monoisotopic (exact) mass is 505 g/mol. The quantitative estimate of drug-likeness (QED) is 0.0977. The zero-order valence-electron chi connectivity index (χ0n) is 25.4. The van der Waals surface area contributed by atoms with Crippen LogP contribution >= 0.6 is 0 Å². The van der Waals surface area contributed by atoms with Gasteiger partial charge in [-0.25, -0.2) is 0 Å². The molecule has 0 saturated heterocycles. The lowest BCUT2D eigenvalue weighted by atomic mass is 10.0. The minimum Gasteiger partial charge on any atom is -0.356 e. The summed E-state index contributed by atoms with van der Waals surface area (Å²) in [7, 11) is 0. The van der Waals surface area contributed by atoms with Crippen LogP contribution in [-0.4, -0.2) is 29.1 Å². The fourth-order valence-electron chi connectivity index (χ4n) is 5.83. The molecule has 0 fully saturated rings. The summed E-state index contributed by atoms with van der Waals surface area (Å²) in [5.41, 5.74) is 0. The Morgan fingerprint density at radius 2 is 0.639 bits per heavy atom. The van der Waals surface area contributed by atoms with Crippen LogP contribution in [0, 0.1) is 0 Å². The normalized spacial score (nSPS) is 14.0. The number of nitrogens with zero attached hydrogens (tertiary/aromatic N) is 2. The molecule has 0 unspecified atom stereocenters. The summed E-state index contributed by atoms with van der Waals surface area (Å²) in [6, 6.07) is 0. The van der Waals surface area contributed by atoms with Gasteiger partial charge in [0, 0.05) is 25.5 Å². The van der Waals surface area contributed by atoms with E-state index in [1.807, 2.05) is 0 Å². The minimum atomic E-state index is 0.643. The van der Waals surface area contributed by atoms with E-state index in [0.717, 1.165) is 0 Å². The highest BCUT2D eigenvalue weighted by Gasteiger charge is 2.24. The molecule has 0 aromatic carbocycles. The predicted molar refractivity (Wildman–Crippen MR) is 163 cm³/mol. The van der Waals surface area contributed by atoms with E-state index in [-0.39, 0.29) is 0 Å². The molecule has 214 valence electrons. The van der Waals surface area contributed by atoms with Gasteiger partial charge in [0.25, 0.3) is 0 Å². The third-order valence-electron chi connectivity index (χ3n) is 8.32. The van der Waals surface area contributed by atoms with Gasteiger partial charge in [-0.05, 0) is 25.7 Å². The summed E-state index contributed by atoms with van der Waals surface area (Å²) in [5.74, 6) is 0. The fourth-order valence-corrected chi connectivity index (χ4v) is 5.83. The molecule has 2 heteroatoms. The molecule has 2 nitrogen and oxygen atoms in total. The highest BCUT2D eigenvalue weighted by Crippen LogP contribution is 2.24. The lowest BCUT2D eigenvalue weighted by Crippen LogP contribution is -2.39. The number of hydrogen-bond acceptors (Lipinski definition) is 2. The van der Waals surface area contributed by atoms with Crippen LogP contribution < -0.4 is 0 Å². The minimum absolute atomic E-state index is 0.643. The molecule has 1 aliphatic rings. The van der Waals surface area contributed by atoms with Gasteiger partial charge < -0.3 is 9.80 Å². The zero-order valence-corrected chi connectivity index (χ0v) is 25.4. The van der Waals surface area contributed by atoms with E-state index in [0.29, 0.717) is 6.17 Å². The first-order valence-electron chi connectivity index (χ1n) is 17.0. The Labute approximate surface area is 229 Å². The van der Waals surface area contributed by atoms with Gasteiger partial charge in [-0.3, -0.25) is 0 Å². The van der Waals surface area contributed by atoms with Gasteiger partial charge in [-0.15, -0.1) is 0 Å². The first kappa shape index (κ1) is 33.4. The van der Waals surface area contributed by atoms with E-state index < -0.39 is 0 Å². The van der Waals surface area contributed by atoms with Crippen molar-refractivity contribution in [3.8, 4) is 0 Å². The van der Waals surface area contributed by atoms with Crippen molar-refractivity contribution in [3.05, 3.63) is 12.4 Å². The molecule has 0 aromatic rings. The van der Waals surface area contributed by atoms with Crippen molar-refractivity contribution in [3.63, 3.8) is 0 Å². The Morgan fingerprint density at radius 1 is 0.361 bits per heavy atom. The molecule has 0 radical (unpaired) electrons. The molecule has 0 aromatic heterocycles. The maximum absolute atomic E-state index is 2.69. The first-order chi connectivity index (χ1) is 17.8. The Bertz CT molecular complexity index is 434. The molecule has 0 atom stereocenters. The lowest BCUT2D eigenvalue weighted by Gasteiger charge is -2.33. The highest BCUT2D eigenvalue weighted by atomic mass is 15.4. The average molecular weight is 505 g/mol. The van der Waals surface area contributed by atoms with Crippen LogP contribution in [0.3, 0.4) is 0 Å². The molecule has 0 saturated carbocycles. The second-order valence-electron chi connectivity index (χ2n) is 11.8. The Hall–Kier alpha value is -0.660. The average Bonchev–Trinajstić information content (AvgIpc) is 3.27. The van der Waals surface area contributed by atoms with Crippen LogP contribution in [0.25, 0.3) is 0 Å². The van der Waals surface area contributed by atoms with Crippen LogP contribution in [0.1, 0.15) is 188 Å². The molecule has 0 bridgehead atoms. The van der Waals surface area contributed by atoms with E-state index in [1.165, 1.54) is 180 Å². The molecule has 0 amide bonds. The van der Waals surface area contributed by atoms with Crippen LogP contribution in [0.4, 0.5) is 0 Å². The van der Waals surface area contributed by atoms with Crippen molar-refractivity contribution in [2.75, 3.05) is 13.1 Å². The number of rotatable bonds is 28. The Balaban J connectivity index is 2.19. The van der Waals surface area contributed by atoms with Gasteiger partial charge in [0.2, 0.25) is 0 Å². The molecule has 36 heavy (non-hydrogen) atoms. The van der Waals surface area contributed by atoms with Crippen LogP contribution in [0.5, 0.6) is 0 Å². The van der Waals surface area contributed by atoms with E-state index in [9.17, 15) is 0 Å². The summed E-state index contributed by atoms with van der Waals surface area (Å²) < 4.78 is 0. The summed E-state index contributed by atoms with van der Waals surface area (Å²) in [6.07, 6.45) is 42.5. The summed E-state index contributed by atoms with van der Waals surface area (Å²) in [6.45, 7) is 9.46. The van der Waals surface area contributed by atoms with Crippen molar-refractivity contribution in [2.24, 2.45) is 0 Å². The molecular formula is C34H68N2. The van der Waals surface area contributed by atoms with Gasteiger partial charge in [-0.2, -0.15) is 0 Å². The molecule has 0 N–H and O–H groups in total. The first-order valence-corrected chi connectivity index (χ1v) is 17.0. The van der Waals surface area contributed by atoms with Crippen molar-refractivity contribution < 1.29 is 0 Å². The van der Waals surface area contributed by atoms with Crippen LogP contribution in [0.15, 0.2) is 12.4 Å². The zero-order chi connectivity index (χ0) is 25.9. The standard InChI is InChI=1S/C34H68N2/c1-4-7-10-13-16-17-18-19-20-21-22-23-26-29-34-35(30-27-24-14-11-8-5-2)32-33-36(34)31-28-25-15-12-9-6-3/h32-34H,4-31H2,1-3H3. The summed E-state index contributed by atoms with van der Waals surface area (Å²) >= 11 is 0. The van der Waals surface area contributed by atoms with Crippen molar-refractivity contribution >= 4 is 0 Å². The predicted octanol–water partition coefficient (Wildman–Crippen LogP) is 11.6. The second-order valence-corrected chi connectivity index (χ2v) is 11.8. The van der Waals surface area contributed by atoms with Gasteiger partial charge >= 0.3 is 0 Å². The molecule has 0 spiro atoms. The molecule has 1 rings (SSSR count). The molecule has 0 aliphatic carbocycles. The van der Waals surface area contributed by atoms with E-state index in [2.05, 4.69) is 43.0 Å². The SMILES string of the molecule is CCCCCCCCCCCCCCCC1N(CCCCCCCC)C=CN1CCCCCCCC. The Morgan fingerprint density at radius 3 is 0.972 bits per heavy atom. The van der Waals surface area contributed by atoms with E-state index in [1.54, 1.807) is 0 Å². The highest BCUT2D eigenvalue weighted by molar-refractivity contribution is 4.97. The topological polar surface area (TPSA) is 6.48 Å². The summed E-state index contributed by atoms with van der Waals surface area (Å²) in [4.78, 5) is 5.38. The second kappa shape index (κ2) is 26.0. The van der Waals surface area contributed by atoms with E-state index in [4.69, 9.17) is 0 Å². The smallest absolute Gasteiger partial charge is 0.101 e. The van der Waals surface area contributed by atoms with E-state index >= 15 is 0 Å². The lowest BCUT2D eigenvalue weighted by molar-refractivity contribution is 0.135. The van der Waals surface area contributed by atoms with Gasteiger partial charge in [0.15, 0.2) is 0 Å². The third kappa shape index (κ3) is 18.6. The largest absolute Gasteiger partial charge is 0.356 e. The third-order valence-corrected chi connectivity index (χ3v) is 8.32. The number of unbranched alkanes of at least 4 members (excludes halogenated alkanes) is 22. The molecule has 1 aliphatic heterocycles. The maximum atomic E-state index is 2.69. The maximum Gasteiger partial charge on any atom is 0.101 e.